The van der Waals surface area contributed by atoms with Gasteiger partial charge in [-0.3, -0.25) is 0 Å². The lowest BCUT2D eigenvalue weighted by molar-refractivity contribution is 0.281. The van der Waals surface area contributed by atoms with Crippen molar-refractivity contribution in [2.45, 2.75) is 17.0 Å². The van der Waals surface area contributed by atoms with Crippen LogP contribution < -0.4 is 0 Å². The van der Waals surface area contributed by atoms with Gasteiger partial charge < -0.3 is 5.11 Å². The summed E-state index contributed by atoms with van der Waals surface area (Å²) >= 11 is 1.41. The number of aromatic nitrogens is 1. The van der Waals surface area contributed by atoms with Gasteiger partial charge >= 0.3 is 0 Å². The lowest BCUT2D eigenvalue weighted by Gasteiger charge is -2.32. The van der Waals surface area contributed by atoms with E-state index >= 15 is 0 Å². The first kappa shape index (κ1) is 16.7. The minimum absolute atomic E-state index is 0.133. The highest BCUT2D eigenvalue weighted by atomic mass is 32.2. The topological polar surface area (TPSA) is 105 Å². The van der Waals surface area contributed by atoms with Gasteiger partial charge in [0.05, 0.1) is 6.61 Å². The van der Waals surface area contributed by atoms with Crippen molar-refractivity contribution in [1.82, 2.24) is 9.29 Å². The fraction of sp³-hybridized carbons (Fsp3) is 0.545. The third-order valence-electron chi connectivity index (χ3n) is 3.09. The smallest absolute Gasteiger partial charge is 0.261 e. The van der Waals surface area contributed by atoms with E-state index < -0.39 is 25.2 Å². The van der Waals surface area contributed by atoms with Crippen LogP contribution in [0.4, 0.5) is 0 Å². The molecule has 1 saturated heterocycles. The molecule has 7 nitrogen and oxygen atoms in total. The SMILES string of the molecule is CS(=O)(=O)C1CSCCN1S(=O)(=O)c1ccc(CO)cn1. The first-order valence-electron chi connectivity index (χ1n) is 6.11. The molecular weight excluding hydrogens is 336 g/mol. The van der Waals surface area contributed by atoms with Crippen LogP contribution >= 0.6 is 11.8 Å². The minimum Gasteiger partial charge on any atom is -0.392 e. The highest BCUT2D eigenvalue weighted by Gasteiger charge is 2.39. The molecule has 1 aromatic rings. The molecule has 0 spiro atoms. The molecule has 1 aromatic heterocycles. The highest BCUT2D eigenvalue weighted by Crippen LogP contribution is 2.26. The van der Waals surface area contributed by atoms with Gasteiger partial charge in [-0.15, -0.1) is 0 Å². The van der Waals surface area contributed by atoms with E-state index in [1.165, 1.54) is 30.1 Å². The summed E-state index contributed by atoms with van der Waals surface area (Å²) < 4.78 is 49.7. The van der Waals surface area contributed by atoms with Crippen molar-refractivity contribution < 1.29 is 21.9 Å². The number of aliphatic hydroxyl groups excluding tert-OH is 1. The van der Waals surface area contributed by atoms with Gasteiger partial charge in [0.2, 0.25) is 0 Å². The third-order valence-corrected chi connectivity index (χ3v) is 7.69. The van der Waals surface area contributed by atoms with Crippen LogP contribution in [0.2, 0.25) is 0 Å². The summed E-state index contributed by atoms with van der Waals surface area (Å²) in [7, 11) is -7.49. The van der Waals surface area contributed by atoms with Gasteiger partial charge in [0.15, 0.2) is 14.9 Å². The second-order valence-corrected chi connectivity index (χ2v) is 9.83. The van der Waals surface area contributed by atoms with Crippen molar-refractivity contribution >= 4 is 31.6 Å². The Labute approximate surface area is 128 Å². The standard InChI is InChI=1S/C11H16N2O5S3/c1-20(15,16)11-8-19-5-4-13(11)21(17,18)10-3-2-9(7-14)6-12-10/h2-3,6,11,14H,4-5,7-8H2,1H3. The van der Waals surface area contributed by atoms with Crippen LogP contribution in [-0.2, 0) is 26.5 Å². The lowest BCUT2D eigenvalue weighted by atomic mass is 10.3. The molecule has 1 aliphatic rings. The maximum atomic E-state index is 12.6. The fourth-order valence-corrected chi connectivity index (χ4v) is 7.04. The Morgan fingerprint density at radius 1 is 1.38 bits per heavy atom. The summed E-state index contributed by atoms with van der Waals surface area (Å²) in [5, 5.41) is 7.67. The molecular formula is C11H16N2O5S3. The van der Waals surface area contributed by atoms with Crippen LogP contribution in [0.3, 0.4) is 0 Å². The Hall–Kier alpha value is -0.680. The Kier molecular flexibility index (Phi) is 4.93. The number of nitrogens with zero attached hydrogens (tertiary/aromatic N) is 2. The molecule has 0 saturated carbocycles. The lowest BCUT2D eigenvalue weighted by Crippen LogP contribution is -2.49. The summed E-state index contributed by atoms with van der Waals surface area (Å²) in [4.78, 5) is 3.82. The maximum absolute atomic E-state index is 12.6. The second-order valence-electron chi connectivity index (χ2n) is 4.64. The molecule has 10 heteroatoms. The number of sulfonamides is 1. The van der Waals surface area contributed by atoms with Gasteiger partial charge in [-0.1, -0.05) is 6.07 Å². The van der Waals surface area contributed by atoms with E-state index in [1.807, 2.05) is 0 Å². The summed E-state index contributed by atoms with van der Waals surface area (Å²) in [6.07, 6.45) is 2.30. The number of pyridine rings is 1. The van der Waals surface area contributed by atoms with E-state index in [0.717, 1.165) is 10.6 Å². The first-order chi connectivity index (χ1) is 9.76. The van der Waals surface area contributed by atoms with Crippen molar-refractivity contribution in [3.05, 3.63) is 23.9 Å². The molecule has 2 rings (SSSR count). The molecule has 0 bridgehead atoms. The molecule has 118 valence electrons. The molecule has 1 atom stereocenters. The van der Waals surface area contributed by atoms with Crippen LogP contribution in [0.1, 0.15) is 5.56 Å². The quantitative estimate of drug-likeness (QED) is 0.792. The van der Waals surface area contributed by atoms with Gasteiger partial charge in [0.1, 0.15) is 5.37 Å². The van der Waals surface area contributed by atoms with E-state index in [-0.39, 0.29) is 23.9 Å². The first-order valence-corrected chi connectivity index (χ1v) is 10.7. The Morgan fingerprint density at radius 2 is 2.10 bits per heavy atom. The summed E-state index contributed by atoms with van der Waals surface area (Å²) in [6, 6.07) is 2.73. The minimum atomic E-state index is -3.97. The Bertz CT molecular complexity index is 700. The summed E-state index contributed by atoms with van der Waals surface area (Å²) in [5.74, 6) is 0.757. The Balaban J connectivity index is 2.40. The number of aliphatic hydroxyl groups is 1. The van der Waals surface area contributed by atoms with E-state index in [0.29, 0.717) is 11.3 Å². The summed E-state index contributed by atoms with van der Waals surface area (Å²) in [6.45, 7) is -0.103. The molecule has 0 aliphatic carbocycles. The van der Waals surface area contributed by atoms with E-state index in [2.05, 4.69) is 4.98 Å². The van der Waals surface area contributed by atoms with Crippen LogP contribution in [0.5, 0.6) is 0 Å². The number of sulfone groups is 1. The highest BCUT2D eigenvalue weighted by molar-refractivity contribution is 8.01. The van der Waals surface area contributed by atoms with E-state index in [4.69, 9.17) is 5.11 Å². The molecule has 21 heavy (non-hydrogen) atoms. The zero-order valence-electron chi connectivity index (χ0n) is 11.3. The normalized spacial score (nSPS) is 21.3. The van der Waals surface area contributed by atoms with E-state index in [1.54, 1.807) is 0 Å². The fourth-order valence-electron chi connectivity index (χ4n) is 1.96. The molecule has 0 radical (unpaired) electrons. The molecule has 1 unspecified atom stereocenters. The average molecular weight is 352 g/mol. The monoisotopic (exact) mass is 352 g/mol. The van der Waals surface area contributed by atoms with Crippen LogP contribution in [0.15, 0.2) is 23.4 Å². The van der Waals surface area contributed by atoms with Gasteiger partial charge in [0.25, 0.3) is 10.0 Å². The third kappa shape index (κ3) is 3.57. The van der Waals surface area contributed by atoms with Crippen molar-refractivity contribution in [2.24, 2.45) is 0 Å². The zero-order valence-corrected chi connectivity index (χ0v) is 13.8. The summed E-state index contributed by atoms with van der Waals surface area (Å²) in [5.41, 5.74) is 0.489. The van der Waals surface area contributed by atoms with Crippen molar-refractivity contribution in [2.75, 3.05) is 24.3 Å². The Morgan fingerprint density at radius 3 is 2.62 bits per heavy atom. The van der Waals surface area contributed by atoms with Gasteiger partial charge in [-0.25, -0.2) is 21.8 Å². The van der Waals surface area contributed by atoms with Crippen LogP contribution in [0, 0.1) is 0 Å². The molecule has 1 N–H and O–H groups in total. The molecule has 1 aliphatic heterocycles. The van der Waals surface area contributed by atoms with Gasteiger partial charge in [-0.2, -0.15) is 16.1 Å². The number of hydrogen-bond donors (Lipinski definition) is 1. The predicted molar refractivity (Wildman–Crippen MR) is 80.0 cm³/mol. The number of thioether (sulfide) groups is 1. The van der Waals surface area contributed by atoms with Crippen molar-refractivity contribution in [1.29, 1.82) is 0 Å². The molecule has 1 fully saturated rings. The maximum Gasteiger partial charge on any atom is 0.261 e. The molecule has 0 aromatic carbocycles. The van der Waals surface area contributed by atoms with Crippen molar-refractivity contribution in [3.8, 4) is 0 Å². The number of hydrogen-bond acceptors (Lipinski definition) is 7. The molecule has 2 heterocycles. The van der Waals surface area contributed by atoms with Crippen molar-refractivity contribution in [3.63, 3.8) is 0 Å². The molecule has 0 amide bonds. The van der Waals surface area contributed by atoms with E-state index in [9.17, 15) is 16.8 Å². The van der Waals surface area contributed by atoms with Crippen LogP contribution in [0.25, 0.3) is 0 Å². The van der Waals surface area contributed by atoms with Gasteiger partial charge in [0, 0.05) is 30.5 Å². The predicted octanol–water partition coefficient (Wildman–Crippen LogP) is -0.318. The average Bonchev–Trinajstić information content (AvgIpc) is 2.46. The second kappa shape index (κ2) is 6.21. The zero-order chi connectivity index (χ0) is 15.7. The largest absolute Gasteiger partial charge is 0.392 e. The number of rotatable bonds is 4. The van der Waals surface area contributed by atoms with Gasteiger partial charge in [-0.05, 0) is 11.6 Å². The van der Waals surface area contributed by atoms with Crippen LogP contribution in [-0.4, -0.2) is 60.9 Å².